The molecule has 63 valence electrons. The number of aliphatic hydroxyl groups excluding tert-OH is 1. The molecule has 0 aromatic rings. The topological polar surface area (TPSA) is 20.2 Å². The molecule has 0 heterocycles. The quantitative estimate of drug-likeness (QED) is 0.368. The van der Waals surface area contributed by atoms with E-state index in [1.807, 2.05) is 0 Å². The van der Waals surface area contributed by atoms with E-state index in [0.29, 0.717) is 0 Å². The number of halogens is 1. The molecular formula is C5H14ClCuNO. The van der Waals surface area contributed by atoms with Gasteiger partial charge in [-0.1, -0.05) is 0 Å². The standard InChI is InChI=1S/C5H14NO.ClH.Cu/c1-6(2,3)4-5-7;;/h7H,4-5H2,1-3H3;1H;/q+1;;/p-1. The molecule has 0 aliphatic heterocycles. The zero-order valence-corrected chi connectivity index (χ0v) is 7.69. The molecule has 0 unspecified atom stereocenters. The first-order chi connectivity index (χ1) is 3.06. The van der Waals surface area contributed by atoms with Gasteiger partial charge in [0, 0.05) is 17.1 Å². The van der Waals surface area contributed by atoms with Crippen LogP contribution >= 0.6 is 0 Å². The van der Waals surface area contributed by atoms with E-state index < -0.39 is 0 Å². The molecular weight excluding hydrogens is 189 g/mol. The summed E-state index contributed by atoms with van der Waals surface area (Å²) in [5, 5.41) is 8.39. The molecule has 1 N–H and O–H groups in total. The predicted octanol–water partition coefficient (Wildman–Crippen LogP) is -3.31. The molecule has 0 aromatic heterocycles. The molecule has 2 nitrogen and oxygen atoms in total. The summed E-state index contributed by atoms with van der Waals surface area (Å²) in [5.41, 5.74) is 0. The van der Waals surface area contributed by atoms with Crippen LogP contribution in [-0.2, 0) is 17.1 Å². The Morgan fingerprint density at radius 1 is 1.22 bits per heavy atom. The molecule has 1 radical (unpaired) electrons. The fourth-order valence-electron chi connectivity index (χ4n) is 0.300. The third kappa shape index (κ3) is 17.7. The summed E-state index contributed by atoms with van der Waals surface area (Å²) in [6, 6.07) is 0. The van der Waals surface area contributed by atoms with E-state index in [2.05, 4.69) is 21.1 Å². The summed E-state index contributed by atoms with van der Waals surface area (Å²) in [6.45, 7) is 1.11. The number of quaternary nitrogens is 1. The molecule has 0 aliphatic carbocycles. The van der Waals surface area contributed by atoms with Gasteiger partial charge in [0.25, 0.3) is 0 Å². The Hall–Kier alpha value is 0.729. The van der Waals surface area contributed by atoms with E-state index >= 15 is 0 Å². The normalized spacial score (nSPS) is 9.33. The molecule has 0 spiro atoms. The van der Waals surface area contributed by atoms with Crippen LogP contribution in [0, 0.1) is 0 Å². The van der Waals surface area contributed by atoms with Gasteiger partial charge in [-0.3, -0.25) is 0 Å². The Labute approximate surface area is 73.7 Å². The van der Waals surface area contributed by atoms with Gasteiger partial charge >= 0.3 is 0 Å². The zero-order valence-electron chi connectivity index (χ0n) is 5.99. The Morgan fingerprint density at radius 3 is 1.56 bits per heavy atom. The van der Waals surface area contributed by atoms with Crippen LogP contribution in [0.4, 0.5) is 0 Å². The van der Waals surface area contributed by atoms with Crippen LogP contribution in [0.2, 0.25) is 0 Å². The van der Waals surface area contributed by atoms with Crippen LogP contribution in [0.15, 0.2) is 0 Å². The van der Waals surface area contributed by atoms with Crippen molar-refractivity contribution in [1.82, 2.24) is 0 Å². The van der Waals surface area contributed by atoms with Crippen molar-refractivity contribution < 1.29 is 39.1 Å². The second-order valence-corrected chi connectivity index (χ2v) is 2.74. The average Bonchev–Trinajstić information content (AvgIpc) is 1.30. The van der Waals surface area contributed by atoms with Crippen LogP contribution in [0.25, 0.3) is 0 Å². The van der Waals surface area contributed by atoms with Crippen molar-refractivity contribution in [3.63, 3.8) is 0 Å². The van der Waals surface area contributed by atoms with E-state index in [1.165, 1.54) is 0 Å². The number of nitrogens with zero attached hydrogens (tertiary/aromatic N) is 1. The maximum Gasteiger partial charge on any atom is 0.101 e. The van der Waals surface area contributed by atoms with Crippen LogP contribution in [0.3, 0.4) is 0 Å². The molecule has 0 aliphatic rings. The van der Waals surface area contributed by atoms with Crippen molar-refractivity contribution in [2.45, 2.75) is 0 Å². The van der Waals surface area contributed by atoms with Crippen molar-refractivity contribution in [3.05, 3.63) is 0 Å². The Balaban J connectivity index is -0.000000180. The van der Waals surface area contributed by atoms with Crippen molar-refractivity contribution in [1.29, 1.82) is 0 Å². The maximum atomic E-state index is 8.39. The molecule has 0 atom stereocenters. The van der Waals surface area contributed by atoms with E-state index in [0.717, 1.165) is 11.0 Å². The summed E-state index contributed by atoms with van der Waals surface area (Å²) < 4.78 is 0.844. The van der Waals surface area contributed by atoms with Gasteiger partial charge in [0.1, 0.15) is 6.54 Å². The van der Waals surface area contributed by atoms with Gasteiger partial charge in [0.15, 0.2) is 0 Å². The summed E-state index contributed by atoms with van der Waals surface area (Å²) in [5.74, 6) is 0. The SMILES string of the molecule is C[N+](C)(C)CCO.[Cl-].[Cu]. The first-order valence-corrected chi connectivity index (χ1v) is 2.47. The molecule has 0 saturated heterocycles. The fraction of sp³-hybridized carbons (Fsp3) is 1.00. The fourth-order valence-corrected chi connectivity index (χ4v) is 0.300. The minimum absolute atomic E-state index is 0. The van der Waals surface area contributed by atoms with E-state index in [1.54, 1.807) is 0 Å². The second kappa shape index (κ2) is 6.84. The molecule has 0 saturated carbocycles. The summed E-state index contributed by atoms with van der Waals surface area (Å²) in [7, 11) is 6.16. The van der Waals surface area contributed by atoms with Crippen molar-refractivity contribution in [3.8, 4) is 0 Å². The number of rotatable bonds is 2. The molecule has 9 heavy (non-hydrogen) atoms. The zero-order chi connectivity index (χ0) is 5.91. The molecule has 0 fully saturated rings. The van der Waals surface area contributed by atoms with Gasteiger partial charge in [-0.2, -0.15) is 0 Å². The van der Waals surface area contributed by atoms with Crippen molar-refractivity contribution in [2.24, 2.45) is 0 Å². The van der Waals surface area contributed by atoms with E-state index in [4.69, 9.17) is 5.11 Å². The summed E-state index contributed by atoms with van der Waals surface area (Å²) in [4.78, 5) is 0. The van der Waals surface area contributed by atoms with Gasteiger partial charge in [-0.05, 0) is 0 Å². The Morgan fingerprint density at radius 2 is 1.56 bits per heavy atom. The van der Waals surface area contributed by atoms with Crippen molar-refractivity contribution in [2.75, 3.05) is 34.3 Å². The third-order valence-corrected chi connectivity index (χ3v) is 0.771. The molecule has 0 aromatic carbocycles. The smallest absolute Gasteiger partial charge is 0.101 e. The van der Waals surface area contributed by atoms with E-state index in [-0.39, 0.29) is 36.1 Å². The molecule has 0 bridgehead atoms. The summed E-state index contributed by atoms with van der Waals surface area (Å²) >= 11 is 0. The second-order valence-electron chi connectivity index (χ2n) is 2.74. The van der Waals surface area contributed by atoms with Gasteiger partial charge < -0.3 is 22.0 Å². The van der Waals surface area contributed by atoms with Gasteiger partial charge in [-0.25, -0.2) is 0 Å². The number of aliphatic hydroxyl groups is 1. The first kappa shape index (κ1) is 16.4. The summed E-state index contributed by atoms with van der Waals surface area (Å²) in [6.07, 6.45) is 0. The predicted molar refractivity (Wildman–Crippen MR) is 30.0 cm³/mol. The molecule has 4 heteroatoms. The van der Waals surface area contributed by atoms with Crippen LogP contribution < -0.4 is 12.4 Å². The molecule has 0 amide bonds. The largest absolute Gasteiger partial charge is 1.00 e. The van der Waals surface area contributed by atoms with Crippen LogP contribution in [0.1, 0.15) is 0 Å². The van der Waals surface area contributed by atoms with Crippen LogP contribution in [0.5, 0.6) is 0 Å². The van der Waals surface area contributed by atoms with Gasteiger partial charge in [0.2, 0.25) is 0 Å². The Bertz CT molecular complexity index is 55.4. The first-order valence-electron chi connectivity index (χ1n) is 2.47. The number of hydrogen-bond acceptors (Lipinski definition) is 1. The monoisotopic (exact) mass is 202 g/mol. The minimum Gasteiger partial charge on any atom is -1.00 e. The maximum absolute atomic E-state index is 8.39. The Kier molecular flexibility index (Phi) is 12.5. The van der Waals surface area contributed by atoms with Crippen molar-refractivity contribution >= 4 is 0 Å². The third-order valence-electron chi connectivity index (χ3n) is 0.771. The van der Waals surface area contributed by atoms with E-state index in [9.17, 15) is 0 Å². The number of likely N-dealkylation sites (N-methyl/N-ethyl adjacent to an activating group) is 1. The average molecular weight is 203 g/mol. The molecule has 0 rings (SSSR count). The number of hydrogen-bond donors (Lipinski definition) is 1. The van der Waals surface area contributed by atoms with Gasteiger partial charge in [0.05, 0.1) is 27.7 Å². The van der Waals surface area contributed by atoms with Gasteiger partial charge in [-0.15, -0.1) is 0 Å². The minimum atomic E-state index is 0. The van der Waals surface area contributed by atoms with Crippen LogP contribution in [-0.4, -0.2) is 43.9 Å².